The van der Waals surface area contributed by atoms with Crippen molar-refractivity contribution >= 4 is 17.5 Å². The lowest BCUT2D eigenvalue weighted by Gasteiger charge is -2.32. The highest BCUT2D eigenvalue weighted by molar-refractivity contribution is 6.33. The molecule has 1 unspecified atom stereocenters. The first kappa shape index (κ1) is 17.4. The molecule has 0 saturated carbocycles. The summed E-state index contributed by atoms with van der Waals surface area (Å²) < 4.78 is 24.8. The quantitative estimate of drug-likeness (QED) is 0.833. The summed E-state index contributed by atoms with van der Waals surface area (Å²) in [6, 6.07) is 4.20. The zero-order valence-corrected chi connectivity index (χ0v) is 14.4. The molecule has 6 nitrogen and oxygen atoms in total. The number of benzene rings is 1. The van der Waals surface area contributed by atoms with Crippen molar-refractivity contribution in [2.45, 2.75) is 18.9 Å². The van der Waals surface area contributed by atoms with Crippen LogP contribution in [0.1, 0.15) is 23.2 Å². The third kappa shape index (κ3) is 3.99. The van der Waals surface area contributed by atoms with E-state index in [1.165, 1.54) is 37.7 Å². The molecule has 3 rings (SSSR count). The molecule has 1 amide bonds. The number of carbonyl (C=O) groups excluding carboxylic acids is 1. The topological polar surface area (TPSA) is 64.6 Å². The van der Waals surface area contributed by atoms with E-state index in [0.717, 1.165) is 12.8 Å². The van der Waals surface area contributed by atoms with Crippen molar-refractivity contribution in [3.63, 3.8) is 0 Å². The molecule has 0 radical (unpaired) electrons. The molecule has 132 valence electrons. The maximum Gasteiger partial charge on any atom is 0.258 e. The van der Waals surface area contributed by atoms with Gasteiger partial charge >= 0.3 is 0 Å². The van der Waals surface area contributed by atoms with Crippen molar-refractivity contribution in [2.24, 2.45) is 0 Å². The maximum atomic E-state index is 14.0. The molecule has 1 fully saturated rings. The summed E-state index contributed by atoms with van der Waals surface area (Å²) in [6.07, 6.45) is 4.19. The zero-order chi connectivity index (χ0) is 17.8. The molecule has 8 heteroatoms. The number of carbonyl (C=O) groups is 1. The number of aromatic nitrogens is 2. The molecule has 2 heterocycles. The Balaban J connectivity index is 1.71. The first-order valence-electron chi connectivity index (χ1n) is 7.84. The summed E-state index contributed by atoms with van der Waals surface area (Å²) in [7, 11) is 1.49. The molecular formula is C17H17ClFN3O3. The van der Waals surface area contributed by atoms with Gasteiger partial charge in [0.05, 0.1) is 36.6 Å². The van der Waals surface area contributed by atoms with Gasteiger partial charge in [-0.25, -0.2) is 4.39 Å². The van der Waals surface area contributed by atoms with Gasteiger partial charge in [-0.05, 0) is 25.0 Å². The van der Waals surface area contributed by atoms with Gasteiger partial charge in [-0.2, -0.15) is 4.98 Å². The van der Waals surface area contributed by atoms with Crippen LogP contribution in [-0.2, 0) is 0 Å². The van der Waals surface area contributed by atoms with Gasteiger partial charge in [0, 0.05) is 6.54 Å². The van der Waals surface area contributed by atoms with Crippen LogP contribution in [0.4, 0.5) is 4.39 Å². The minimum absolute atomic E-state index is 0.103. The summed E-state index contributed by atoms with van der Waals surface area (Å²) >= 11 is 5.99. The Bertz CT molecular complexity index is 754. The Morgan fingerprint density at radius 2 is 2.16 bits per heavy atom. The standard InChI is InChI=1S/C17H17ClFN3O3/c1-24-14-8-20-9-15(21-14)25-11-4-3-7-22(10-11)17(23)16-12(18)5-2-6-13(16)19/h2,5-6,8-9,11H,3-4,7,10H2,1H3. The van der Waals surface area contributed by atoms with E-state index >= 15 is 0 Å². The number of hydrogen-bond donors (Lipinski definition) is 0. The molecule has 1 aromatic heterocycles. The molecule has 0 N–H and O–H groups in total. The molecule has 1 aromatic carbocycles. The SMILES string of the molecule is COc1cncc(OC2CCCN(C(=O)c3c(F)cccc3Cl)C2)n1. The Morgan fingerprint density at radius 1 is 1.36 bits per heavy atom. The molecule has 2 aromatic rings. The zero-order valence-electron chi connectivity index (χ0n) is 13.6. The molecule has 25 heavy (non-hydrogen) atoms. The van der Waals surface area contributed by atoms with E-state index in [9.17, 15) is 9.18 Å². The number of halogens is 2. The van der Waals surface area contributed by atoms with Gasteiger partial charge in [-0.15, -0.1) is 0 Å². The second-order valence-electron chi connectivity index (χ2n) is 5.63. The normalized spacial score (nSPS) is 17.2. The third-order valence-electron chi connectivity index (χ3n) is 3.93. The van der Waals surface area contributed by atoms with Crippen molar-refractivity contribution in [1.29, 1.82) is 0 Å². The summed E-state index contributed by atoms with van der Waals surface area (Å²) in [5.41, 5.74) is -0.106. The predicted octanol–water partition coefficient (Wildman–Crippen LogP) is 2.96. The average Bonchev–Trinajstić information content (AvgIpc) is 2.62. The number of hydrogen-bond acceptors (Lipinski definition) is 5. The van der Waals surface area contributed by atoms with Gasteiger partial charge in [-0.3, -0.25) is 9.78 Å². The summed E-state index contributed by atoms with van der Waals surface area (Å²) in [5, 5.41) is 0.103. The summed E-state index contributed by atoms with van der Waals surface area (Å²) in [5.74, 6) is -0.394. The minimum atomic E-state index is -0.626. The lowest BCUT2D eigenvalue weighted by Crippen LogP contribution is -2.44. The van der Waals surface area contributed by atoms with Gasteiger partial charge in [0.1, 0.15) is 11.9 Å². The molecule has 0 aliphatic carbocycles. The lowest BCUT2D eigenvalue weighted by molar-refractivity contribution is 0.0521. The lowest BCUT2D eigenvalue weighted by atomic mass is 10.1. The number of methoxy groups -OCH3 is 1. The Morgan fingerprint density at radius 3 is 2.92 bits per heavy atom. The van der Waals surface area contributed by atoms with E-state index in [1.54, 1.807) is 4.90 Å². The fourth-order valence-electron chi connectivity index (χ4n) is 2.74. The molecule has 1 aliphatic rings. The van der Waals surface area contributed by atoms with Crippen LogP contribution >= 0.6 is 11.6 Å². The Labute approximate surface area is 149 Å². The monoisotopic (exact) mass is 365 g/mol. The van der Waals surface area contributed by atoms with Crippen LogP contribution in [0, 0.1) is 5.82 Å². The second kappa shape index (κ2) is 7.65. The number of ether oxygens (including phenoxy) is 2. The van der Waals surface area contributed by atoms with Gasteiger partial charge in [-0.1, -0.05) is 17.7 Å². The number of rotatable bonds is 4. The highest BCUT2D eigenvalue weighted by Crippen LogP contribution is 2.24. The molecule has 1 aliphatic heterocycles. The van der Waals surface area contributed by atoms with Gasteiger partial charge < -0.3 is 14.4 Å². The first-order chi connectivity index (χ1) is 12.1. The number of nitrogens with zero attached hydrogens (tertiary/aromatic N) is 3. The van der Waals surface area contributed by atoms with Gasteiger partial charge in [0.15, 0.2) is 0 Å². The Kier molecular flexibility index (Phi) is 5.33. The maximum absolute atomic E-state index is 14.0. The molecular weight excluding hydrogens is 349 g/mol. The van der Waals surface area contributed by atoms with Gasteiger partial charge in [0.25, 0.3) is 5.91 Å². The van der Waals surface area contributed by atoms with Crippen LogP contribution in [0.2, 0.25) is 5.02 Å². The predicted molar refractivity (Wildman–Crippen MR) is 89.5 cm³/mol. The van der Waals surface area contributed by atoms with E-state index in [2.05, 4.69) is 9.97 Å². The van der Waals surface area contributed by atoms with E-state index in [4.69, 9.17) is 21.1 Å². The molecule has 1 atom stereocenters. The smallest absolute Gasteiger partial charge is 0.258 e. The summed E-state index contributed by atoms with van der Waals surface area (Å²) in [4.78, 5) is 22.3. The van der Waals surface area contributed by atoms with E-state index in [1.807, 2.05) is 0 Å². The number of amides is 1. The molecule has 0 spiro atoms. The van der Waals surface area contributed by atoms with E-state index in [-0.39, 0.29) is 16.7 Å². The van der Waals surface area contributed by atoms with Crippen molar-refractivity contribution in [3.05, 3.63) is 47.0 Å². The van der Waals surface area contributed by atoms with E-state index < -0.39 is 11.7 Å². The minimum Gasteiger partial charge on any atom is -0.480 e. The third-order valence-corrected chi connectivity index (χ3v) is 4.24. The van der Waals surface area contributed by atoms with Crippen LogP contribution < -0.4 is 9.47 Å². The molecule has 0 bridgehead atoms. The highest BCUT2D eigenvalue weighted by Gasteiger charge is 2.28. The number of likely N-dealkylation sites (tertiary alicyclic amines) is 1. The van der Waals surface area contributed by atoms with Crippen molar-refractivity contribution in [3.8, 4) is 11.8 Å². The van der Waals surface area contributed by atoms with Crippen molar-refractivity contribution < 1.29 is 18.7 Å². The second-order valence-corrected chi connectivity index (χ2v) is 6.04. The van der Waals surface area contributed by atoms with Crippen LogP contribution in [0.3, 0.4) is 0 Å². The average molecular weight is 366 g/mol. The Hall–Kier alpha value is -2.41. The van der Waals surface area contributed by atoms with Gasteiger partial charge in [0.2, 0.25) is 11.8 Å². The van der Waals surface area contributed by atoms with Crippen LogP contribution in [0.15, 0.2) is 30.6 Å². The summed E-state index contributed by atoms with van der Waals surface area (Å²) in [6.45, 7) is 0.843. The van der Waals surface area contributed by atoms with Crippen molar-refractivity contribution in [2.75, 3.05) is 20.2 Å². The van der Waals surface area contributed by atoms with Crippen LogP contribution in [-0.4, -0.2) is 47.1 Å². The van der Waals surface area contributed by atoms with Crippen LogP contribution in [0.25, 0.3) is 0 Å². The van der Waals surface area contributed by atoms with E-state index in [0.29, 0.717) is 24.8 Å². The van der Waals surface area contributed by atoms with Crippen LogP contribution in [0.5, 0.6) is 11.8 Å². The molecule has 1 saturated heterocycles. The number of piperidine rings is 1. The largest absolute Gasteiger partial charge is 0.480 e. The fraction of sp³-hybridized carbons (Fsp3) is 0.353. The highest BCUT2D eigenvalue weighted by atomic mass is 35.5. The van der Waals surface area contributed by atoms with Crippen molar-refractivity contribution in [1.82, 2.24) is 14.9 Å². The first-order valence-corrected chi connectivity index (χ1v) is 8.22. The fourth-order valence-corrected chi connectivity index (χ4v) is 2.98.